The molecule has 0 spiro atoms. The van der Waals surface area contributed by atoms with Gasteiger partial charge in [0.25, 0.3) is 10.0 Å². The number of aryl methyl sites for hydroxylation is 1. The number of halogens is 2. The molecule has 0 saturated carbocycles. The van der Waals surface area contributed by atoms with Crippen LogP contribution < -0.4 is 9.62 Å². The van der Waals surface area contributed by atoms with Gasteiger partial charge in [-0.2, -0.15) is 0 Å². The molecule has 39 heavy (non-hydrogen) atoms. The summed E-state index contributed by atoms with van der Waals surface area (Å²) >= 11 is 9.61. The normalized spacial score (nSPS) is 12.5. The molecule has 0 radical (unpaired) electrons. The van der Waals surface area contributed by atoms with Crippen molar-refractivity contribution in [3.63, 3.8) is 0 Å². The maximum absolute atomic E-state index is 13.9. The average molecular weight is 635 g/mol. The Kier molecular flexibility index (Phi) is 9.85. The Labute approximate surface area is 244 Å². The first kappa shape index (κ1) is 30.7. The quantitative estimate of drug-likeness (QED) is 0.316. The van der Waals surface area contributed by atoms with Crippen molar-refractivity contribution in [1.29, 1.82) is 0 Å². The van der Waals surface area contributed by atoms with E-state index in [9.17, 15) is 18.0 Å². The zero-order valence-electron chi connectivity index (χ0n) is 22.6. The molecule has 208 valence electrons. The summed E-state index contributed by atoms with van der Waals surface area (Å²) in [6, 6.07) is 19.2. The van der Waals surface area contributed by atoms with Crippen molar-refractivity contribution in [3.05, 3.63) is 93.4 Å². The van der Waals surface area contributed by atoms with Gasteiger partial charge in [-0.3, -0.25) is 13.9 Å². The van der Waals surface area contributed by atoms with E-state index in [0.29, 0.717) is 5.02 Å². The lowest BCUT2D eigenvalue weighted by Gasteiger charge is -2.33. The largest absolute Gasteiger partial charge is 0.350 e. The van der Waals surface area contributed by atoms with Crippen molar-refractivity contribution < 1.29 is 18.0 Å². The molecule has 0 saturated heterocycles. The first-order valence-corrected chi connectivity index (χ1v) is 15.0. The SMILES string of the molecule is Cc1ccc(S(=O)(=O)N(CC(=O)N(Cc2ccc(Br)cc2)C(C)C(=O)NC(C)(C)C)c2cccc(Cl)c2)cc1. The minimum absolute atomic E-state index is 0.0406. The number of benzene rings is 3. The van der Waals surface area contributed by atoms with Crippen LogP contribution in [0.15, 0.2) is 82.2 Å². The number of nitrogens with one attached hydrogen (secondary N) is 1. The summed E-state index contributed by atoms with van der Waals surface area (Å²) in [5.74, 6) is -0.881. The molecule has 2 amide bonds. The minimum Gasteiger partial charge on any atom is -0.350 e. The molecule has 7 nitrogen and oxygen atoms in total. The van der Waals surface area contributed by atoms with Crippen molar-refractivity contribution >= 4 is 55.1 Å². The van der Waals surface area contributed by atoms with E-state index in [-0.39, 0.29) is 23.0 Å². The van der Waals surface area contributed by atoms with Gasteiger partial charge >= 0.3 is 0 Å². The molecule has 0 aliphatic heterocycles. The Balaban J connectivity index is 2.03. The molecule has 3 rings (SSSR count). The van der Waals surface area contributed by atoms with Crippen molar-refractivity contribution in [2.75, 3.05) is 10.8 Å². The monoisotopic (exact) mass is 633 g/mol. The minimum atomic E-state index is -4.15. The Morgan fingerprint density at radius 3 is 2.18 bits per heavy atom. The van der Waals surface area contributed by atoms with Gasteiger partial charge in [0.2, 0.25) is 11.8 Å². The zero-order chi connectivity index (χ0) is 29.0. The van der Waals surface area contributed by atoms with E-state index in [2.05, 4.69) is 21.2 Å². The number of anilines is 1. The van der Waals surface area contributed by atoms with Crippen LogP contribution in [0.3, 0.4) is 0 Å². The molecule has 0 heterocycles. The van der Waals surface area contributed by atoms with Crippen LogP contribution >= 0.6 is 27.5 Å². The highest BCUT2D eigenvalue weighted by Gasteiger charge is 2.33. The summed E-state index contributed by atoms with van der Waals surface area (Å²) < 4.78 is 29.6. The van der Waals surface area contributed by atoms with E-state index >= 15 is 0 Å². The van der Waals surface area contributed by atoms with Crippen molar-refractivity contribution in [3.8, 4) is 0 Å². The summed E-state index contributed by atoms with van der Waals surface area (Å²) in [5.41, 5.74) is 1.42. The molecule has 0 bridgehead atoms. The van der Waals surface area contributed by atoms with Crippen molar-refractivity contribution in [2.45, 2.75) is 57.6 Å². The molecule has 3 aromatic rings. The van der Waals surface area contributed by atoms with Gasteiger partial charge in [0.05, 0.1) is 10.6 Å². The second-order valence-corrected chi connectivity index (χ2v) is 13.6. The van der Waals surface area contributed by atoms with E-state index in [0.717, 1.165) is 19.9 Å². The second kappa shape index (κ2) is 12.5. The summed E-state index contributed by atoms with van der Waals surface area (Å²) in [6.07, 6.45) is 0. The topological polar surface area (TPSA) is 86.8 Å². The van der Waals surface area contributed by atoms with Gasteiger partial charge in [-0.15, -0.1) is 0 Å². The number of nitrogens with zero attached hydrogens (tertiary/aromatic N) is 2. The van der Waals surface area contributed by atoms with Gasteiger partial charge in [0.15, 0.2) is 0 Å². The van der Waals surface area contributed by atoms with Crippen LogP contribution in [0, 0.1) is 6.92 Å². The van der Waals surface area contributed by atoms with Crippen molar-refractivity contribution in [2.24, 2.45) is 0 Å². The maximum atomic E-state index is 13.9. The number of hydrogen-bond acceptors (Lipinski definition) is 4. The smallest absolute Gasteiger partial charge is 0.264 e. The van der Waals surface area contributed by atoms with Crippen LogP contribution in [0.5, 0.6) is 0 Å². The zero-order valence-corrected chi connectivity index (χ0v) is 25.8. The molecule has 1 unspecified atom stereocenters. The van der Waals surface area contributed by atoms with Crippen molar-refractivity contribution in [1.82, 2.24) is 10.2 Å². The molecule has 0 aromatic heterocycles. The highest BCUT2D eigenvalue weighted by atomic mass is 79.9. The highest BCUT2D eigenvalue weighted by molar-refractivity contribution is 9.10. The number of carbonyl (C=O) groups is 2. The maximum Gasteiger partial charge on any atom is 0.264 e. The molecule has 1 atom stereocenters. The molecule has 0 fully saturated rings. The van der Waals surface area contributed by atoms with Gasteiger partial charge in [0.1, 0.15) is 12.6 Å². The lowest BCUT2D eigenvalue weighted by molar-refractivity contribution is -0.140. The second-order valence-electron chi connectivity index (χ2n) is 10.4. The molecule has 1 N–H and O–H groups in total. The number of carbonyl (C=O) groups excluding carboxylic acids is 2. The molecular formula is C29H33BrClN3O4S. The number of rotatable bonds is 9. The van der Waals surface area contributed by atoms with Crippen LogP contribution in [-0.4, -0.2) is 43.3 Å². The number of amides is 2. The standard InChI is InChI=1S/C29H33BrClN3O4S/c1-20-9-15-26(16-10-20)39(37,38)34(25-8-6-7-24(31)17-25)19-27(35)33(18-22-11-13-23(30)14-12-22)21(2)28(36)32-29(3,4)5/h6-17,21H,18-19H2,1-5H3,(H,32,36). The third kappa shape index (κ3) is 8.30. The van der Waals surface area contributed by atoms with Gasteiger partial charge in [-0.05, 0) is 82.6 Å². The Bertz CT molecular complexity index is 1420. The van der Waals surface area contributed by atoms with Gasteiger partial charge in [0, 0.05) is 21.6 Å². The molecular weight excluding hydrogens is 602 g/mol. The van der Waals surface area contributed by atoms with Crippen LogP contribution in [0.4, 0.5) is 5.69 Å². The highest BCUT2D eigenvalue weighted by Crippen LogP contribution is 2.27. The van der Waals surface area contributed by atoms with E-state index in [1.54, 1.807) is 37.3 Å². The van der Waals surface area contributed by atoms with Gasteiger partial charge in [-0.1, -0.05) is 63.4 Å². The fourth-order valence-corrected chi connectivity index (χ4v) is 5.70. The summed E-state index contributed by atoms with van der Waals surface area (Å²) in [4.78, 5) is 28.5. The van der Waals surface area contributed by atoms with Crippen LogP contribution in [0.25, 0.3) is 0 Å². The first-order valence-electron chi connectivity index (χ1n) is 12.4. The Morgan fingerprint density at radius 1 is 1.00 bits per heavy atom. The fraction of sp³-hybridized carbons (Fsp3) is 0.310. The van der Waals surface area contributed by atoms with Crippen LogP contribution in [0.2, 0.25) is 5.02 Å². The predicted molar refractivity (Wildman–Crippen MR) is 159 cm³/mol. The fourth-order valence-electron chi connectivity index (χ4n) is 3.84. The molecule has 10 heteroatoms. The van der Waals surface area contributed by atoms with E-state index in [4.69, 9.17) is 11.6 Å². The van der Waals surface area contributed by atoms with E-state index in [1.807, 2.05) is 52.0 Å². The van der Waals surface area contributed by atoms with Gasteiger partial charge in [-0.25, -0.2) is 8.42 Å². The third-order valence-electron chi connectivity index (χ3n) is 5.92. The summed E-state index contributed by atoms with van der Waals surface area (Å²) in [5, 5.41) is 3.24. The van der Waals surface area contributed by atoms with Gasteiger partial charge < -0.3 is 10.2 Å². The number of hydrogen-bond donors (Lipinski definition) is 1. The predicted octanol–water partition coefficient (Wildman–Crippen LogP) is 5.94. The molecule has 3 aromatic carbocycles. The Hall–Kier alpha value is -2.88. The summed E-state index contributed by atoms with van der Waals surface area (Å²) in [6.45, 7) is 8.64. The average Bonchev–Trinajstić information content (AvgIpc) is 2.85. The number of sulfonamides is 1. The molecule has 0 aliphatic rings. The van der Waals surface area contributed by atoms with E-state index < -0.39 is 34.1 Å². The van der Waals surface area contributed by atoms with E-state index in [1.165, 1.54) is 23.1 Å². The summed E-state index contributed by atoms with van der Waals surface area (Å²) in [7, 11) is -4.15. The van der Waals surface area contributed by atoms with Crippen LogP contribution in [0.1, 0.15) is 38.8 Å². The molecule has 0 aliphatic carbocycles. The third-order valence-corrected chi connectivity index (χ3v) is 8.47. The lowest BCUT2D eigenvalue weighted by atomic mass is 10.1. The lowest BCUT2D eigenvalue weighted by Crippen LogP contribution is -2.54. The Morgan fingerprint density at radius 2 is 1.62 bits per heavy atom. The first-order chi connectivity index (χ1) is 18.2. The van der Waals surface area contributed by atoms with Crippen LogP contribution in [-0.2, 0) is 26.2 Å².